The molecular weight excluding hydrogens is 425 g/mol. The normalized spacial score (nSPS) is 17.5. The SMILES string of the molecule is CCCCCCCCCCc1ccc2ccccc2c1C(N1NC(=O)CC1(C)C)C(F)(F)F. The first kappa shape index (κ1) is 25.5. The number of benzene rings is 2. The summed E-state index contributed by atoms with van der Waals surface area (Å²) in [5, 5.41) is 2.52. The number of hydrazine groups is 1. The van der Waals surface area contributed by atoms with Crippen LogP contribution in [0.5, 0.6) is 0 Å². The van der Waals surface area contributed by atoms with Crippen LogP contribution in [0.1, 0.15) is 95.7 Å². The topological polar surface area (TPSA) is 32.3 Å². The molecule has 0 aromatic heterocycles. The molecule has 1 heterocycles. The predicted octanol–water partition coefficient (Wildman–Crippen LogP) is 7.64. The van der Waals surface area contributed by atoms with Gasteiger partial charge >= 0.3 is 6.18 Å². The molecule has 2 aromatic carbocycles. The second-order valence-corrected chi connectivity index (χ2v) is 9.92. The average molecular weight is 463 g/mol. The Hall–Kier alpha value is -2.08. The largest absolute Gasteiger partial charge is 0.409 e. The monoisotopic (exact) mass is 462 g/mol. The highest BCUT2D eigenvalue weighted by Gasteiger charge is 2.53. The van der Waals surface area contributed by atoms with Gasteiger partial charge in [-0.3, -0.25) is 10.2 Å². The van der Waals surface area contributed by atoms with Gasteiger partial charge in [0.25, 0.3) is 0 Å². The Kier molecular flexibility index (Phi) is 8.43. The number of carbonyl (C=O) groups is 1. The lowest BCUT2D eigenvalue weighted by atomic mass is 9.88. The van der Waals surface area contributed by atoms with Crippen molar-refractivity contribution in [2.75, 3.05) is 0 Å². The first-order valence-corrected chi connectivity index (χ1v) is 12.3. The Labute approximate surface area is 195 Å². The van der Waals surface area contributed by atoms with Crippen LogP contribution in [0.15, 0.2) is 36.4 Å². The number of carbonyl (C=O) groups excluding carboxylic acids is 1. The molecule has 1 aliphatic heterocycles. The zero-order chi connectivity index (χ0) is 24.1. The van der Waals surface area contributed by atoms with Crippen molar-refractivity contribution in [2.24, 2.45) is 0 Å². The predicted molar refractivity (Wildman–Crippen MR) is 128 cm³/mol. The molecule has 0 aliphatic carbocycles. The van der Waals surface area contributed by atoms with Gasteiger partial charge in [0.1, 0.15) is 0 Å². The Bertz CT molecular complexity index is 939. The van der Waals surface area contributed by atoms with Crippen LogP contribution in [0.3, 0.4) is 0 Å². The fraction of sp³-hybridized carbons (Fsp3) is 0.593. The molecule has 0 saturated carbocycles. The number of amides is 1. The molecule has 1 N–H and O–H groups in total. The molecule has 6 heteroatoms. The minimum atomic E-state index is -4.53. The molecule has 1 saturated heterocycles. The molecule has 33 heavy (non-hydrogen) atoms. The fourth-order valence-electron chi connectivity index (χ4n) is 4.99. The Morgan fingerprint density at radius 2 is 1.61 bits per heavy atom. The van der Waals surface area contributed by atoms with Gasteiger partial charge in [0.05, 0.1) is 0 Å². The number of unbranched alkanes of at least 4 members (excludes halogenated alkanes) is 7. The van der Waals surface area contributed by atoms with E-state index in [4.69, 9.17) is 0 Å². The van der Waals surface area contributed by atoms with Crippen LogP contribution < -0.4 is 5.43 Å². The van der Waals surface area contributed by atoms with Crippen LogP contribution >= 0.6 is 0 Å². The molecule has 1 amide bonds. The third-order valence-electron chi connectivity index (χ3n) is 6.69. The molecule has 0 spiro atoms. The second-order valence-electron chi connectivity index (χ2n) is 9.92. The average Bonchev–Trinajstić information content (AvgIpc) is 3.01. The van der Waals surface area contributed by atoms with Crippen molar-refractivity contribution < 1.29 is 18.0 Å². The van der Waals surface area contributed by atoms with Crippen LogP contribution in [0, 0.1) is 0 Å². The molecule has 3 rings (SSSR count). The van der Waals surface area contributed by atoms with E-state index in [1.807, 2.05) is 24.3 Å². The first-order chi connectivity index (χ1) is 15.6. The number of fused-ring (bicyclic) bond motifs is 1. The summed E-state index contributed by atoms with van der Waals surface area (Å²) in [6, 6.07) is 9.12. The van der Waals surface area contributed by atoms with E-state index in [9.17, 15) is 18.0 Å². The van der Waals surface area contributed by atoms with Gasteiger partial charge in [0.15, 0.2) is 6.04 Å². The van der Waals surface area contributed by atoms with E-state index in [1.165, 1.54) is 32.1 Å². The summed E-state index contributed by atoms with van der Waals surface area (Å²) < 4.78 is 43.9. The van der Waals surface area contributed by atoms with Crippen LogP contribution in [0.4, 0.5) is 13.2 Å². The molecule has 3 nitrogen and oxygen atoms in total. The summed E-state index contributed by atoms with van der Waals surface area (Å²) in [5.74, 6) is -0.376. The van der Waals surface area contributed by atoms with E-state index in [2.05, 4.69) is 12.3 Å². The number of hydrogen-bond acceptors (Lipinski definition) is 2. The van der Waals surface area contributed by atoms with Crippen molar-refractivity contribution in [1.29, 1.82) is 0 Å². The number of alkyl halides is 3. The van der Waals surface area contributed by atoms with Gasteiger partial charge in [-0.05, 0) is 48.6 Å². The van der Waals surface area contributed by atoms with Gasteiger partial charge in [-0.25, -0.2) is 0 Å². The zero-order valence-electron chi connectivity index (χ0n) is 20.1. The summed E-state index contributed by atoms with van der Waals surface area (Å²) in [4.78, 5) is 12.1. The van der Waals surface area contributed by atoms with Crippen LogP contribution in [-0.2, 0) is 11.2 Å². The maximum atomic E-state index is 14.6. The van der Waals surface area contributed by atoms with Crippen LogP contribution in [-0.4, -0.2) is 22.6 Å². The Morgan fingerprint density at radius 1 is 0.970 bits per heavy atom. The van der Waals surface area contributed by atoms with Gasteiger partial charge in [-0.1, -0.05) is 88.3 Å². The number of hydrogen-bond donors (Lipinski definition) is 1. The van der Waals surface area contributed by atoms with Crippen LogP contribution in [0.2, 0.25) is 0 Å². The summed E-state index contributed by atoms with van der Waals surface area (Å²) in [7, 11) is 0. The molecule has 182 valence electrons. The van der Waals surface area contributed by atoms with Crippen LogP contribution in [0.25, 0.3) is 10.8 Å². The Balaban J connectivity index is 1.89. The number of aryl methyl sites for hydroxylation is 1. The molecule has 0 radical (unpaired) electrons. The second kappa shape index (κ2) is 10.9. The van der Waals surface area contributed by atoms with E-state index in [-0.39, 0.29) is 17.9 Å². The minimum Gasteiger partial charge on any atom is -0.287 e. The van der Waals surface area contributed by atoms with Crippen molar-refractivity contribution in [3.63, 3.8) is 0 Å². The van der Waals surface area contributed by atoms with Crippen molar-refractivity contribution in [3.05, 3.63) is 47.5 Å². The van der Waals surface area contributed by atoms with Gasteiger partial charge < -0.3 is 0 Å². The summed E-state index contributed by atoms with van der Waals surface area (Å²) in [5.41, 5.74) is 2.57. The quantitative estimate of drug-likeness (QED) is 0.348. The van der Waals surface area contributed by atoms with Crippen molar-refractivity contribution in [2.45, 2.75) is 103 Å². The lowest BCUT2D eigenvalue weighted by Crippen LogP contribution is -2.51. The third-order valence-corrected chi connectivity index (χ3v) is 6.69. The third kappa shape index (κ3) is 6.28. The minimum absolute atomic E-state index is 0.0394. The Morgan fingerprint density at radius 3 is 2.21 bits per heavy atom. The highest BCUT2D eigenvalue weighted by Crippen LogP contribution is 2.46. The number of halogens is 3. The maximum absolute atomic E-state index is 14.6. The molecule has 0 bridgehead atoms. The number of rotatable bonds is 11. The maximum Gasteiger partial charge on any atom is 0.409 e. The molecule has 1 fully saturated rings. The highest BCUT2D eigenvalue weighted by atomic mass is 19.4. The van der Waals surface area contributed by atoms with Gasteiger partial charge in [-0.2, -0.15) is 18.2 Å². The molecule has 1 aliphatic rings. The smallest absolute Gasteiger partial charge is 0.287 e. The van der Waals surface area contributed by atoms with E-state index < -0.39 is 17.8 Å². The van der Waals surface area contributed by atoms with Gasteiger partial charge in [-0.15, -0.1) is 0 Å². The molecule has 2 aromatic rings. The standard InChI is InChI=1S/C27H37F3N2O/c1-4-5-6-7-8-9-10-11-15-21-18-17-20-14-12-13-16-22(20)24(21)25(27(28,29)30)32-26(2,3)19-23(33)31-32/h12-14,16-18,25H,4-11,15,19H2,1-3H3,(H,31,33). The fourth-order valence-corrected chi connectivity index (χ4v) is 4.99. The van der Waals surface area contributed by atoms with Crippen molar-refractivity contribution in [3.8, 4) is 0 Å². The lowest BCUT2D eigenvalue weighted by molar-refractivity contribution is -0.203. The van der Waals surface area contributed by atoms with E-state index >= 15 is 0 Å². The van der Waals surface area contributed by atoms with Gasteiger partial charge in [0.2, 0.25) is 5.91 Å². The van der Waals surface area contributed by atoms with Gasteiger partial charge in [0, 0.05) is 12.0 Å². The number of nitrogens with zero attached hydrogens (tertiary/aromatic N) is 1. The zero-order valence-corrected chi connectivity index (χ0v) is 20.1. The lowest BCUT2D eigenvalue weighted by Gasteiger charge is -2.39. The number of nitrogens with one attached hydrogen (secondary N) is 1. The highest BCUT2D eigenvalue weighted by molar-refractivity contribution is 5.87. The first-order valence-electron chi connectivity index (χ1n) is 12.3. The van der Waals surface area contributed by atoms with E-state index in [0.29, 0.717) is 11.8 Å². The summed E-state index contributed by atoms with van der Waals surface area (Å²) in [6.07, 6.45) is 5.26. The van der Waals surface area contributed by atoms with E-state index in [1.54, 1.807) is 26.0 Å². The molecular formula is C27H37F3N2O. The molecule has 1 unspecified atom stereocenters. The molecule has 1 atom stereocenters. The van der Waals surface area contributed by atoms with Crippen molar-refractivity contribution in [1.82, 2.24) is 10.4 Å². The van der Waals surface area contributed by atoms with Crippen molar-refractivity contribution >= 4 is 16.7 Å². The van der Waals surface area contributed by atoms with E-state index in [0.717, 1.165) is 35.2 Å². The summed E-state index contributed by atoms with van der Waals surface area (Å²) in [6.45, 7) is 5.57. The summed E-state index contributed by atoms with van der Waals surface area (Å²) >= 11 is 0.